The molecule has 1 aliphatic rings. The van der Waals surface area contributed by atoms with Crippen molar-refractivity contribution in [1.82, 2.24) is 5.32 Å². The Balaban J connectivity index is 2.29. The van der Waals surface area contributed by atoms with Gasteiger partial charge in [0.25, 0.3) is 0 Å². The van der Waals surface area contributed by atoms with E-state index in [1.54, 1.807) is 0 Å². The normalized spacial score (nSPS) is 16.7. The molecule has 0 heterocycles. The third-order valence-electron chi connectivity index (χ3n) is 3.31. The standard InChI is InChI=1S/C15H19Cl2N/c1-2-9-18-15(11-5-3-4-6-11)13-10-12(16)7-8-14(13)17/h5,7-8,10,15,18H,2-4,6,9H2,1H3. The molecule has 0 radical (unpaired) electrons. The van der Waals surface area contributed by atoms with Crippen molar-refractivity contribution in [1.29, 1.82) is 0 Å². The minimum absolute atomic E-state index is 0.221. The Labute approximate surface area is 119 Å². The van der Waals surface area contributed by atoms with E-state index in [1.165, 1.54) is 18.4 Å². The predicted molar refractivity (Wildman–Crippen MR) is 79.4 cm³/mol. The Morgan fingerprint density at radius 2 is 2.17 bits per heavy atom. The lowest BCUT2D eigenvalue weighted by Gasteiger charge is -2.22. The van der Waals surface area contributed by atoms with E-state index < -0.39 is 0 Å². The summed E-state index contributed by atoms with van der Waals surface area (Å²) in [5.41, 5.74) is 2.55. The Morgan fingerprint density at radius 1 is 1.33 bits per heavy atom. The maximum atomic E-state index is 6.32. The van der Waals surface area contributed by atoms with Gasteiger partial charge in [-0.3, -0.25) is 0 Å². The van der Waals surface area contributed by atoms with Gasteiger partial charge in [0.15, 0.2) is 0 Å². The van der Waals surface area contributed by atoms with E-state index in [0.717, 1.165) is 35.0 Å². The number of benzene rings is 1. The molecule has 0 saturated carbocycles. The van der Waals surface area contributed by atoms with Gasteiger partial charge >= 0.3 is 0 Å². The average Bonchev–Trinajstić information content (AvgIpc) is 2.88. The van der Waals surface area contributed by atoms with Gasteiger partial charge < -0.3 is 5.32 Å². The van der Waals surface area contributed by atoms with Crippen LogP contribution in [0.2, 0.25) is 10.0 Å². The van der Waals surface area contributed by atoms with Crippen LogP contribution < -0.4 is 5.32 Å². The summed E-state index contributed by atoms with van der Waals surface area (Å²) in [6.07, 6.45) is 7.03. The molecule has 0 bridgehead atoms. The monoisotopic (exact) mass is 283 g/mol. The highest BCUT2D eigenvalue weighted by Crippen LogP contribution is 2.35. The van der Waals surface area contributed by atoms with Gasteiger partial charge in [-0.05, 0) is 56.0 Å². The zero-order valence-electron chi connectivity index (χ0n) is 10.7. The molecule has 3 heteroatoms. The van der Waals surface area contributed by atoms with Gasteiger partial charge in [-0.25, -0.2) is 0 Å². The molecule has 1 N–H and O–H groups in total. The highest BCUT2D eigenvalue weighted by molar-refractivity contribution is 6.33. The molecule has 0 saturated heterocycles. The molecule has 98 valence electrons. The first-order valence-corrected chi connectivity index (χ1v) is 7.35. The van der Waals surface area contributed by atoms with E-state index in [2.05, 4.69) is 18.3 Å². The van der Waals surface area contributed by atoms with Gasteiger partial charge in [0.2, 0.25) is 0 Å². The molecular formula is C15H19Cl2N. The molecule has 0 amide bonds. The van der Waals surface area contributed by atoms with Crippen LogP contribution in [-0.4, -0.2) is 6.54 Å². The van der Waals surface area contributed by atoms with Gasteiger partial charge in [-0.2, -0.15) is 0 Å². The van der Waals surface area contributed by atoms with Crippen LogP contribution in [0, 0.1) is 0 Å². The van der Waals surface area contributed by atoms with Crippen molar-refractivity contribution >= 4 is 23.2 Å². The fourth-order valence-electron chi connectivity index (χ4n) is 2.42. The second-order valence-corrected chi connectivity index (χ2v) is 5.57. The smallest absolute Gasteiger partial charge is 0.0551 e. The minimum atomic E-state index is 0.221. The Morgan fingerprint density at radius 3 is 2.83 bits per heavy atom. The number of allylic oxidation sites excluding steroid dienone is 1. The van der Waals surface area contributed by atoms with Gasteiger partial charge in [-0.15, -0.1) is 0 Å². The highest BCUT2D eigenvalue weighted by atomic mass is 35.5. The van der Waals surface area contributed by atoms with E-state index in [1.807, 2.05) is 18.2 Å². The van der Waals surface area contributed by atoms with Crippen LogP contribution in [0.25, 0.3) is 0 Å². The van der Waals surface area contributed by atoms with Crippen LogP contribution in [0.4, 0.5) is 0 Å². The van der Waals surface area contributed by atoms with Crippen LogP contribution in [0.1, 0.15) is 44.2 Å². The molecule has 0 fully saturated rings. The van der Waals surface area contributed by atoms with E-state index in [9.17, 15) is 0 Å². The van der Waals surface area contributed by atoms with E-state index in [0.29, 0.717) is 0 Å². The second-order valence-electron chi connectivity index (χ2n) is 4.72. The molecule has 1 unspecified atom stereocenters. The van der Waals surface area contributed by atoms with Gasteiger partial charge in [0.05, 0.1) is 6.04 Å². The van der Waals surface area contributed by atoms with Gasteiger partial charge in [0, 0.05) is 10.0 Å². The van der Waals surface area contributed by atoms with Crippen LogP contribution in [0.5, 0.6) is 0 Å². The number of nitrogens with one attached hydrogen (secondary N) is 1. The van der Waals surface area contributed by atoms with Crippen molar-refractivity contribution < 1.29 is 0 Å². The Kier molecular flexibility index (Phi) is 5.11. The molecule has 0 aromatic heterocycles. The van der Waals surface area contributed by atoms with Gasteiger partial charge in [-0.1, -0.05) is 41.8 Å². The molecule has 2 rings (SSSR count). The molecule has 1 aromatic carbocycles. The number of rotatable bonds is 5. The zero-order valence-corrected chi connectivity index (χ0v) is 12.2. The topological polar surface area (TPSA) is 12.0 Å². The van der Waals surface area contributed by atoms with Crippen molar-refractivity contribution in [3.05, 3.63) is 45.5 Å². The first kappa shape index (κ1) is 13.9. The van der Waals surface area contributed by atoms with Crippen LogP contribution in [-0.2, 0) is 0 Å². The van der Waals surface area contributed by atoms with Crippen LogP contribution >= 0.6 is 23.2 Å². The van der Waals surface area contributed by atoms with Crippen LogP contribution in [0.3, 0.4) is 0 Å². The van der Waals surface area contributed by atoms with Gasteiger partial charge in [0.1, 0.15) is 0 Å². The third kappa shape index (κ3) is 3.28. The van der Waals surface area contributed by atoms with Crippen molar-refractivity contribution in [3.63, 3.8) is 0 Å². The summed E-state index contributed by atoms with van der Waals surface area (Å²) < 4.78 is 0. The highest BCUT2D eigenvalue weighted by Gasteiger charge is 2.20. The summed E-state index contributed by atoms with van der Waals surface area (Å²) in [6, 6.07) is 5.93. The molecular weight excluding hydrogens is 265 g/mol. The van der Waals surface area contributed by atoms with E-state index in [-0.39, 0.29) is 6.04 Å². The van der Waals surface area contributed by atoms with E-state index in [4.69, 9.17) is 23.2 Å². The molecule has 0 spiro atoms. The van der Waals surface area contributed by atoms with E-state index >= 15 is 0 Å². The number of hydrogen-bond acceptors (Lipinski definition) is 1. The molecule has 1 nitrogen and oxygen atoms in total. The molecule has 18 heavy (non-hydrogen) atoms. The van der Waals surface area contributed by atoms with Crippen molar-refractivity contribution in [2.45, 2.75) is 38.6 Å². The summed E-state index contributed by atoms with van der Waals surface area (Å²) >= 11 is 12.4. The SMILES string of the molecule is CCCNC(C1=CCCC1)c1cc(Cl)ccc1Cl. The minimum Gasteiger partial charge on any atom is -0.306 e. The summed E-state index contributed by atoms with van der Waals surface area (Å²) in [5, 5.41) is 5.12. The van der Waals surface area contributed by atoms with Crippen molar-refractivity contribution in [2.75, 3.05) is 6.54 Å². The third-order valence-corrected chi connectivity index (χ3v) is 3.89. The quantitative estimate of drug-likeness (QED) is 0.738. The Hall–Kier alpha value is -0.500. The summed E-state index contributed by atoms with van der Waals surface area (Å²) in [6.45, 7) is 3.16. The maximum absolute atomic E-state index is 6.32. The molecule has 0 aliphatic heterocycles. The fraction of sp³-hybridized carbons (Fsp3) is 0.467. The molecule has 1 aromatic rings. The maximum Gasteiger partial charge on any atom is 0.0551 e. The second kappa shape index (κ2) is 6.60. The largest absolute Gasteiger partial charge is 0.306 e. The van der Waals surface area contributed by atoms with Crippen LogP contribution in [0.15, 0.2) is 29.8 Å². The Bertz CT molecular complexity index is 440. The lowest BCUT2D eigenvalue weighted by atomic mass is 9.98. The number of hydrogen-bond donors (Lipinski definition) is 1. The summed E-state index contributed by atoms with van der Waals surface area (Å²) in [5.74, 6) is 0. The zero-order chi connectivity index (χ0) is 13.0. The summed E-state index contributed by atoms with van der Waals surface area (Å²) in [4.78, 5) is 0. The molecule has 1 aliphatic carbocycles. The lowest BCUT2D eigenvalue weighted by molar-refractivity contribution is 0.579. The predicted octanol–water partition coefficient (Wildman–Crippen LogP) is 5.14. The fourth-order valence-corrected chi connectivity index (χ4v) is 2.83. The van der Waals surface area contributed by atoms with Crippen molar-refractivity contribution in [3.8, 4) is 0 Å². The average molecular weight is 284 g/mol. The number of halogens is 2. The first-order chi connectivity index (χ1) is 8.72. The first-order valence-electron chi connectivity index (χ1n) is 6.59. The summed E-state index contributed by atoms with van der Waals surface area (Å²) in [7, 11) is 0. The lowest BCUT2D eigenvalue weighted by Crippen LogP contribution is -2.23. The molecule has 1 atom stereocenters. The van der Waals surface area contributed by atoms with Crippen molar-refractivity contribution in [2.24, 2.45) is 0 Å².